The van der Waals surface area contributed by atoms with E-state index >= 15 is 0 Å². The highest BCUT2D eigenvalue weighted by molar-refractivity contribution is 5.96. The lowest BCUT2D eigenvalue weighted by Gasteiger charge is -2.15. The van der Waals surface area contributed by atoms with Gasteiger partial charge in [0, 0.05) is 61.0 Å². The Morgan fingerprint density at radius 2 is 1.77 bits per heavy atom. The molecule has 0 amide bonds. The van der Waals surface area contributed by atoms with Gasteiger partial charge in [-0.25, -0.2) is 28.1 Å². The Balaban J connectivity index is 1.24. The van der Waals surface area contributed by atoms with Crippen LogP contribution in [0, 0.1) is 5.82 Å². The predicted molar refractivity (Wildman–Crippen MR) is 140 cm³/mol. The number of benzene rings is 1. The van der Waals surface area contributed by atoms with E-state index in [2.05, 4.69) is 30.1 Å². The molecule has 5 aromatic heterocycles. The van der Waals surface area contributed by atoms with Crippen molar-refractivity contribution >= 4 is 22.2 Å². The summed E-state index contributed by atoms with van der Waals surface area (Å²) in [6, 6.07) is 12.0. The van der Waals surface area contributed by atoms with Crippen molar-refractivity contribution in [1.29, 1.82) is 0 Å². The first-order valence-electron chi connectivity index (χ1n) is 12.4. The van der Waals surface area contributed by atoms with Crippen LogP contribution in [0.3, 0.4) is 0 Å². The highest BCUT2D eigenvalue weighted by Crippen LogP contribution is 2.32. The average Bonchev–Trinajstić information content (AvgIpc) is 3.64. The van der Waals surface area contributed by atoms with Gasteiger partial charge in [-0.2, -0.15) is 5.10 Å². The second-order valence-electron chi connectivity index (χ2n) is 9.74. The van der Waals surface area contributed by atoms with Crippen molar-refractivity contribution in [2.75, 3.05) is 13.1 Å². The number of halogens is 3. The number of pyridine rings is 3. The molecule has 0 aliphatic carbocycles. The van der Waals surface area contributed by atoms with Crippen molar-refractivity contribution in [1.82, 2.24) is 40.0 Å². The molecule has 1 aliphatic rings. The molecule has 0 spiro atoms. The monoisotopic (exact) mass is 526 g/mol. The fraction of sp³-hybridized carbons (Fsp3) is 0.179. The van der Waals surface area contributed by atoms with E-state index < -0.39 is 5.92 Å². The Morgan fingerprint density at radius 1 is 0.923 bits per heavy atom. The normalized spacial score (nSPS) is 15.5. The molecule has 2 N–H and O–H groups in total. The fourth-order valence-electron chi connectivity index (χ4n) is 5.06. The smallest absolute Gasteiger partial charge is 0.261 e. The number of H-pyrrole nitrogens is 2. The highest BCUT2D eigenvalue weighted by atomic mass is 19.3. The number of nitrogens with zero attached hydrogens (tertiary/aromatic N) is 6. The Bertz CT molecular complexity index is 1830. The molecule has 0 saturated carbocycles. The van der Waals surface area contributed by atoms with E-state index in [1.54, 1.807) is 41.8 Å². The Labute approximate surface area is 220 Å². The van der Waals surface area contributed by atoms with Crippen LogP contribution in [0.2, 0.25) is 0 Å². The average molecular weight is 527 g/mol. The third-order valence-corrected chi connectivity index (χ3v) is 6.96. The number of alkyl halides is 2. The molecule has 1 saturated heterocycles. The predicted octanol–water partition coefficient (Wildman–Crippen LogP) is 5.61. The summed E-state index contributed by atoms with van der Waals surface area (Å²) in [6.07, 6.45) is 6.71. The van der Waals surface area contributed by atoms with E-state index in [0.717, 1.165) is 33.2 Å². The molecule has 8 nitrogen and oxygen atoms in total. The zero-order valence-electron chi connectivity index (χ0n) is 20.5. The van der Waals surface area contributed by atoms with Crippen molar-refractivity contribution in [3.63, 3.8) is 0 Å². The van der Waals surface area contributed by atoms with Crippen molar-refractivity contribution < 1.29 is 13.2 Å². The highest BCUT2D eigenvalue weighted by Gasteiger charge is 2.37. The Morgan fingerprint density at radius 3 is 2.59 bits per heavy atom. The minimum Gasteiger partial charge on any atom is -0.321 e. The molecule has 1 aromatic carbocycles. The first-order chi connectivity index (χ1) is 18.9. The molecule has 0 bridgehead atoms. The van der Waals surface area contributed by atoms with Gasteiger partial charge in [-0.3, -0.25) is 15.0 Å². The third kappa shape index (κ3) is 4.40. The van der Waals surface area contributed by atoms with Crippen LogP contribution in [-0.4, -0.2) is 59.0 Å². The van der Waals surface area contributed by atoms with Gasteiger partial charge in [-0.15, -0.1) is 0 Å². The first kappa shape index (κ1) is 23.5. The quantitative estimate of drug-likeness (QED) is 0.303. The van der Waals surface area contributed by atoms with Crippen LogP contribution >= 0.6 is 0 Å². The summed E-state index contributed by atoms with van der Waals surface area (Å²) in [5, 5.41) is 8.16. The lowest BCUT2D eigenvalue weighted by Crippen LogP contribution is -2.24. The van der Waals surface area contributed by atoms with Crippen LogP contribution in [0.15, 0.2) is 67.3 Å². The summed E-state index contributed by atoms with van der Waals surface area (Å²) in [4.78, 5) is 23.1. The number of nitrogens with one attached hydrogen (secondary N) is 2. The molecule has 7 rings (SSSR count). The largest absolute Gasteiger partial charge is 0.321 e. The molecule has 39 heavy (non-hydrogen) atoms. The maximum absolute atomic E-state index is 13.6. The van der Waals surface area contributed by atoms with Crippen LogP contribution in [-0.2, 0) is 6.54 Å². The lowest BCUT2D eigenvalue weighted by atomic mass is 10.1. The van der Waals surface area contributed by atoms with Crippen LogP contribution < -0.4 is 0 Å². The zero-order valence-corrected chi connectivity index (χ0v) is 20.5. The summed E-state index contributed by atoms with van der Waals surface area (Å²) in [5.74, 6) is -2.43. The number of aromatic amines is 2. The van der Waals surface area contributed by atoms with E-state index in [0.29, 0.717) is 41.4 Å². The van der Waals surface area contributed by atoms with Crippen molar-refractivity contribution in [3.05, 3.63) is 78.6 Å². The first-order valence-corrected chi connectivity index (χ1v) is 12.4. The molecule has 0 unspecified atom stereocenters. The summed E-state index contributed by atoms with van der Waals surface area (Å²) in [6.45, 7) is 0.530. The van der Waals surface area contributed by atoms with Crippen LogP contribution in [0.25, 0.3) is 56.0 Å². The van der Waals surface area contributed by atoms with E-state index in [-0.39, 0.29) is 18.8 Å². The van der Waals surface area contributed by atoms with Crippen LogP contribution in [0.4, 0.5) is 13.2 Å². The number of hydrogen-bond donors (Lipinski definition) is 2. The maximum atomic E-state index is 13.6. The van der Waals surface area contributed by atoms with Crippen LogP contribution in [0.5, 0.6) is 0 Å². The van der Waals surface area contributed by atoms with Crippen molar-refractivity contribution in [2.24, 2.45) is 0 Å². The van der Waals surface area contributed by atoms with E-state index in [9.17, 15) is 13.2 Å². The molecule has 1 fully saturated rings. The van der Waals surface area contributed by atoms with Gasteiger partial charge in [-0.1, -0.05) is 12.1 Å². The van der Waals surface area contributed by atoms with Gasteiger partial charge in [0.1, 0.15) is 17.0 Å². The number of fused-ring (bicyclic) bond motifs is 2. The molecular formula is C28H21F3N8. The minimum atomic E-state index is -2.64. The molecule has 0 atom stereocenters. The number of hydrogen-bond acceptors (Lipinski definition) is 6. The molecule has 1 aliphatic heterocycles. The fourth-order valence-corrected chi connectivity index (χ4v) is 5.06. The third-order valence-electron chi connectivity index (χ3n) is 6.96. The minimum absolute atomic E-state index is 0.118. The van der Waals surface area contributed by atoms with Gasteiger partial charge in [0.05, 0.1) is 11.9 Å². The van der Waals surface area contributed by atoms with Gasteiger partial charge >= 0.3 is 0 Å². The standard InChI is InChI=1S/C28H21F3N8/c29-20-3-1-17(2-4-20)21-5-7-33-26-23(21)35-27(36-26)24-22-10-19(13-34-25(22)38-37-24)18-9-16(11-32-12-18)14-39-8-6-28(30,31)15-39/h1-5,7,9-13H,6,8,14-15H2,(H,33,35,36)(H,34,37,38). The van der Waals surface area contributed by atoms with Crippen molar-refractivity contribution in [3.8, 4) is 33.8 Å². The summed E-state index contributed by atoms with van der Waals surface area (Å²) < 4.78 is 40.7. The molecule has 194 valence electrons. The molecular weight excluding hydrogens is 505 g/mol. The second kappa shape index (κ2) is 8.98. The molecule has 11 heteroatoms. The number of rotatable bonds is 5. The Hall–Kier alpha value is -4.64. The summed E-state index contributed by atoms with van der Waals surface area (Å²) in [7, 11) is 0. The molecule has 6 aromatic rings. The van der Waals surface area contributed by atoms with E-state index in [4.69, 9.17) is 4.98 Å². The van der Waals surface area contributed by atoms with E-state index in [1.807, 2.05) is 18.2 Å². The van der Waals surface area contributed by atoms with Gasteiger partial charge in [0.2, 0.25) is 0 Å². The Kier molecular flexibility index (Phi) is 5.41. The topological polar surface area (TPSA) is 99.3 Å². The summed E-state index contributed by atoms with van der Waals surface area (Å²) in [5.41, 5.74) is 6.52. The number of likely N-dealkylation sites (tertiary alicyclic amines) is 1. The molecule has 0 radical (unpaired) electrons. The van der Waals surface area contributed by atoms with Gasteiger partial charge < -0.3 is 4.98 Å². The van der Waals surface area contributed by atoms with Crippen LogP contribution in [0.1, 0.15) is 12.0 Å². The summed E-state index contributed by atoms with van der Waals surface area (Å²) >= 11 is 0. The molecule has 6 heterocycles. The maximum Gasteiger partial charge on any atom is 0.261 e. The van der Waals surface area contributed by atoms with Crippen molar-refractivity contribution in [2.45, 2.75) is 18.9 Å². The lowest BCUT2D eigenvalue weighted by molar-refractivity contribution is 0.0115. The zero-order chi connectivity index (χ0) is 26.6. The van der Waals surface area contributed by atoms with Gasteiger partial charge in [-0.05, 0) is 41.5 Å². The van der Waals surface area contributed by atoms with Gasteiger partial charge in [0.25, 0.3) is 5.92 Å². The number of imidazole rings is 1. The number of aromatic nitrogens is 7. The SMILES string of the molecule is Fc1ccc(-c2ccnc3[nH]c(-c4n[nH]c5ncc(-c6cncc(CN7CCC(F)(F)C7)c6)cc45)nc23)cc1. The second-order valence-corrected chi connectivity index (χ2v) is 9.74. The van der Waals surface area contributed by atoms with E-state index in [1.165, 1.54) is 12.1 Å². The van der Waals surface area contributed by atoms with Gasteiger partial charge in [0.15, 0.2) is 17.1 Å².